The van der Waals surface area contributed by atoms with Crippen molar-refractivity contribution in [2.75, 3.05) is 26.3 Å². The van der Waals surface area contributed by atoms with E-state index in [-0.39, 0.29) is 17.4 Å². The summed E-state index contributed by atoms with van der Waals surface area (Å²) in [7, 11) is -3.43. The van der Waals surface area contributed by atoms with Crippen LogP contribution in [0.1, 0.15) is 25.3 Å². The monoisotopic (exact) mass is 310 g/mol. The number of hydrogen-bond acceptors (Lipinski definition) is 3. The summed E-state index contributed by atoms with van der Waals surface area (Å²) in [6.45, 7) is 6.01. The normalized spacial score (nSPS) is 29.2. The van der Waals surface area contributed by atoms with Crippen molar-refractivity contribution in [3.63, 3.8) is 0 Å². The van der Waals surface area contributed by atoms with Crippen molar-refractivity contribution >= 4 is 10.2 Å². The molecule has 0 unspecified atom stereocenters. The largest absolute Gasteiger partial charge is 0.379 e. The third-order valence-electron chi connectivity index (χ3n) is 4.57. The third kappa shape index (κ3) is 2.85. The Morgan fingerprint density at radius 3 is 2.43 bits per heavy atom. The molecule has 1 aromatic rings. The van der Waals surface area contributed by atoms with Crippen LogP contribution < -0.4 is 4.72 Å². The minimum absolute atomic E-state index is 0.0484. The van der Waals surface area contributed by atoms with E-state index >= 15 is 0 Å². The van der Waals surface area contributed by atoms with Crippen LogP contribution in [0.2, 0.25) is 0 Å². The molecule has 1 aliphatic heterocycles. The Hall–Kier alpha value is -0.950. The Labute approximate surface area is 126 Å². The number of benzene rings is 1. The fraction of sp³-hybridized carbons (Fsp3) is 0.600. The standard InChI is InChI=1S/C15H22N2O3S/c1-15(2)13(12-6-4-3-5-7-12)14(15)16-21(18,19)17-8-10-20-11-9-17/h3-7,13-14,16H,8-11H2,1-2H3/t13-,14-/m0/s1. The molecule has 2 atom stereocenters. The lowest BCUT2D eigenvalue weighted by molar-refractivity contribution is 0.0724. The zero-order valence-electron chi connectivity index (χ0n) is 12.5. The molecule has 5 nitrogen and oxygen atoms in total. The van der Waals surface area contributed by atoms with Crippen LogP contribution in [0.25, 0.3) is 0 Å². The quantitative estimate of drug-likeness (QED) is 0.913. The fourth-order valence-corrected chi connectivity index (χ4v) is 4.70. The summed E-state index contributed by atoms with van der Waals surface area (Å²) in [5.74, 6) is 0.231. The zero-order valence-corrected chi connectivity index (χ0v) is 13.3. The topological polar surface area (TPSA) is 58.6 Å². The fourth-order valence-electron chi connectivity index (χ4n) is 3.16. The van der Waals surface area contributed by atoms with Crippen LogP contribution in [0.5, 0.6) is 0 Å². The van der Waals surface area contributed by atoms with Gasteiger partial charge in [-0.2, -0.15) is 17.4 Å². The van der Waals surface area contributed by atoms with E-state index in [0.717, 1.165) is 0 Å². The summed E-state index contributed by atoms with van der Waals surface area (Å²) in [6.07, 6.45) is 0. The lowest BCUT2D eigenvalue weighted by Crippen LogP contribution is -2.47. The molecule has 116 valence electrons. The van der Waals surface area contributed by atoms with Crippen molar-refractivity contribution in [3.05, 3.63) is 35.9 Å². The van der Waals surface area contributed by atoms with E-state index in [9.17, 15) is 8.42 Å². The van der Waals surface area contributed by atoms with Crippen LogP contribution in [-0.4, -0.2) is 45.1 Å². The third-order valence-corrected chi connectivity index (χ3v) is 6.17. The van der Waals surface area contributed by atoms with E-state index in [4.69, 9.17) is 4.74 Å². The molecule has 1 heterocycles. The van der Waals surface area contributed by atoms with Crippen molar-refractivity contribution < 1.29 is 13.2 Å². The highest BCUT2D eigenvalue weighted by Crippen LogP contribution is 2.58. The first-order valence-corrected chi connectivity index (χ1v) is 8.77. The van der Waals surface area contributed by atoms with Gasteiger partial charge < -0.3 is 4.74 Å². The van der Waals surface area contributed by atoms with E-state index < -0.39 is 10.2 Å². The Morgan fingerprint density at radius 1 is 1.19 bits per heavy atom. The maximum atomic E-state index is 12.5. The van der Waals surface area contributed by atoms with E-state index in [0.29, 0.717) is 26.3 Å². The van der Waals surface area contributed by atoms with Crippen molar-refractivity contribution in [2.45, 2.75) is 25.8 Å². The molecule has 0 aromatic heterocycles. The molecular formula is C15H22N2O3S. The lowest BCUT2D eigenvalue weighted by Gasteiger charge is -2.26. The van der Waals surface area contributed by atoms with E-state index in [1.54, 1.807) is 0 Å². The van der Waals surface area contributed by atoms with Crippen molar-refractivity contribution in [1.29, 1.82) is 0 Å². The molecule has 2 fully saturated rings. The maximum absolute atomic E-state index is 12.5. The van der Waals surface area contributed by atoms with E-state index in [1.165, 1.54) is 9.87 Å². The van der Waals surface area contributed by atoms with Crippen LogP contribution in [0, 0.1) is 5.41 Å². The van der Waals surface area contributed by atoms with Gasteiger partial charge in [0.25, 0.3) is 10.2 Å². The predicted molar refractivity (Wildman–Crippen MR) is 81.2 cm³/mol. The lowest BCUT2D eigenvalue weighted by atomic mass is 10.0. The van der Waals surface area contributed by atoms with Gasteiger partial charge in [0.2, 0.25) is 0 Å². The molecule has 0 amide bonds. The van der Waals surface area contributed by atoms with Gasteiger partial charge >= 0.3 is 0 Å². The second-order valence-corrected chi connectivity index (χ2v) is 8.02. The average molecular weight is 310 g/mol. The van der Waals surface area contributed by atoms with Gasteiger partial charge in [0.15, 0.2) is 0 Å². The Bertz CT molecular complexity index is 595. The SMILES string of the molecule is CC1(C)[C@@H](NS(=O)(=O)N2CCOCC2)[C@@H]1c1ccccc1. The number of nitrogens with zero attached hydrogens (tertiary/aromatic N) is 1. The summed E-state index contributed by atoms with van der Waals surface area (Å²) in [5, 5.41) is 0. The number of hydrogen-bond donors (Lipinski definition) is 1. The first-order valence-electron chi connectivity index (χ1n) is 7.33. The first-order chi connectivity index (χ1) is 9.93. The van der Waals surface area contributed by atoms with Crippen LogP contribution in [0.4, 0.5) is 0 Å². The van der Waals surface area contributed by atoms with Gasteiger partial charge in [-0.05, 0) is 11.0 Å². The molecule has 1 saturated carbocycles. The van der Waals surface area contributed by atoms with Crippen molar-refractivity contribution in [1.82, 2.24) is 9.03 Å². The van der Waals surface area contributed by atoms with Crippen LogP contribution in [0.3, 0.4) is 0 Å². The minimum Gasteiger partial charge on any atom is -0.379 e. The molecule has 0 radical (unpaired) electrons. The average Bonchev–Trinajstić information content (AvgIpc) is 3.01. The second kappa shape index (κ2) is 5.35. The highest BCUT2D eigenvalue weighted by Gasteiger charge is 2.60. The minimum atomic E-state index is -3.43. The number of morpholine rings is 1. The molecule has 1 saturated heterocycles. The smallest absolute Gasteiger partial charge is 0.279 e. The van der Waals surface area contributed by atoms with E-state index in [2.05, 4.69) is 30.7 Å². The number of nitrogens with one attached hydrogen (secondary N) is 1. The molecule has 1 aromatic carbocycles. The molecule has 2 aliphatic rings. The predicted octanol–water partition coefficient (Wildman–Crippen LogP) is 1.35. The first kappa shape index (κ1) is 15.0. The van der Waals surface area contributed by atoms with Crippen molar-refractivity contribution in [2.24, 2.45) is 5.41 Å². The summed E-state index contributed by atoms with van der Waals surface area (Å²) < 4.78 is 34.5. The van der Waals surface area contributed by atoms with Crippen LogP contribution >= 0.6 is 0 Å². The molecular weight excluding hydrogens is 288 g/mol. The van der Waals surface area contributed by atoms with Crippen molar-refractivity contribution in [3.8, 4) is 0 Å². The molecule has 21 heavy (non-hydrogen) atoms. The van der Waals surface area contributed by atoms with Gasteiger partial charge in [0.05, 0.1) is 13.2 Å². The number of ether oxygens (including phenoxy) is 1. The molecule has 0 bridgehead atoms. The van der Waals surface area contributed by atoms with E-state index in [1.807, 2.05) is 18.2 Å². The highest BCUT2D eigenvalue weighted by atomic mass is 32.2. The maximum Gasteiger partial charge on any atom is 0.279 e. The Balaban J connectivity index is 1.73. The van der Waals surface area contributed by atoms with Gasteiger partial charge in [-0.15, -0.1) is 0 Å². The molecule has 6 heteroatoms. The van der Waals surface area contributed by atoms with Crippen LogP contribution in [-0.2, 0) is 14.9 Å². The second-order valence-electron chi connectivity index (χ2n) is 6.32. The molecule has 1 aliphatic carbocycles. The highest BCUT2D eigenvalue weighted by molar-refractivity contribution is 7.87. The van der Waals surface area contributed by atoms with Gasteiger partial charge in [-0.3, -0.25) is 0 Å². The summed E-state index contributed by atoms with van der Waals surface area (Å²) in [5.41, 5.74) is 1.14. The molecule has 1 N–H and O–H groups in total. The zero-order chi connectivity index (χ0) is 15.1. The molecule has 3 rings (SSSR count). The molecule has 0 spiro atoms. The Kier molecular flexibility index (Phi) is 3.81. The Morgan fingerprint density at radius 2 is 1.81 bits per heavy atom. The summed E-state index contributed by atoms with van der Waals surface area (Å²) in [4.78, 5) is 0. The summed E-state index contributed by atoms with van der Waals surface area (Å²) in [6, 6.07) is 10.1. The van der Waals surface area contributed by atoms with Gasteiger partial charge in [-0.1, -0.05) is 44.2 Å². The summed E-state index contributed by atoms with van der Waals surface area (Å²) >= 11 is 0. The van der Waals surface area contributed by atoms with Gasteiger partial charge in [-0.25, -0.2) is 0 Å². The number of rotatable bonds is 4. The van der Waals surface area contributed by atoms with Crippen LogP contribution in [0.15, 0.2) is 30.3 Å². The van der Waals surface area contributed by atoms with Gasteiger partial charge in [0.1, 0.15) is 0 Å². The van der Waals surface area contributed by atoms with Gasteiger partial charge in [0, 0.05) is 25.0 Å².